The second-order valence-corrected chi connectivity index (χ2v) is 7.75. The van der Waals surface area contributed by atoms with E-state index in [0.29, 0.717) is 5.69 Å². The summed E-state index contributed by atoms with van der Waals surface area (Å²) >= 11 is 5.62. The molecule has 0 unspecified atom stereocenters. The second-order valence-electron chi connectivity index (χ2n) is 7.38. The van der Waals surface area contributed by atoms with Crippen LogP contribution in [-0.2, 0) is 38.1 Å². The topological polar surface area (TPSA) is 112 Å². The summed E-state index contributed by atoms with van der Waals surface area (Å²) in [5.74, 6) is -2.21. The smallest absolute Gasteiger partial charge is 0.303 e. The molecule has 11 heteroatoms. The number of benzene rings is 1. The van der Waals surface area contributed by atoms with Gasteiger partial charge in [-0.15, -0.1) is 0 Å². The minimum absolute atomic E-state index is 0.152. The van der Waals surface area contributed by atoms with Crippen LogP contribution in [0.3, 0.4) is 0 Å². The SMILES string of the molecule is CC(=O)OC[C@@H](OC(C)=O)[C@H]1O[C@@H]2[C@H](OC(C)=O)[C@H]1N(C(C)=O)C(=S)N2c1ccccc1. The van der Waals surface area contributed by atoms with Crippen LogP contribution in [0.1, 0.15) is 27.7 Å². The van der Waals surface area contributed by atoms with Gasteiger partial charge in [-0.05, 0) is 24.4 Å². The van der Waals surface area contributed by atoms with Crippen LogP contribution in [0, 0.1) is 0 Å². The maximum atomic E-state index is 12.7. The number of hydrogen-bond acceptors (Lipinski definition) is 9. The average molecular weight is 464 g/mol. The molecule has 172 valence electrons. The van der Waals surface area contributed by atoms with E-state index in [1.165, 1.54) is 32.6 Å². The van der Waals surface area contributed by atoms with Crippen molar-refractivity contribution in [3.63, 3.8) is 0 Å². The highest BCUT2D eigenvalue weighted by atomic mass is 32.1. The van der Waals surface area contributed by atoms with Crippen LogP contribution in [-0.4, -0.2) is 71.0 Å². The van der Waals surface area contributed by atoms with Crippen LogP contribution in [0.5, 0.6) is 0 Å². The predicted octanol–water partition coefficient (Wildman–Crippen LogP) is 1.16. The van der Waals surface area contributed by atoms with E-state index in [0.717, 1.165) is 0 Å². The fraction of sp³-hybridized carbons (Fsp3) is 0.476. The lowest BCUT2D eigenvalue weighted by Gasteiger charge is -2.44. The van der Waals surface area contributed by atoms with E-state index in [-0.39, 0.29) is 11.7 Å². The number of carbonyl (C=O) groups is 4. The van der Waals surface area contributed by atoms with E-state index < -0.39 is 54.4 Å². The Morgan fingerprint density at radius 3 is 2.22 bits per heavy atom. The summed E-state index contributed by atoms with van der Waals surface area (Å²) in [5.41, 5.74) is 0.619. The van der Waals surface area contributed by atoms with Gasteiger partial charge in [0.2, 0.25) is 5.91 Å². The number of carbonyl (C=O) groups excluding carboxylic acids is 4. The zero-order chi connectivity index (χ0) is 23.6. The summed E-state index contributed by atoms with van der Waals surface area (Å²) in [7, 11) is 0. The van der Waals surface area contributed by atoms with Gasteiger partial charge in [0.15, 0.2) is 23.5 Å². The molecule has 1 amide bonds. The number of rotatable bonds is 6. The van der Waals surface area contributed by atoms with Gasteiger partial charge in [0.25, 0.3) is 0 Å². The van der Waals surface area contributed by atoms with E-state index in [1.807, 2.05) is 6.07 Å². The number of esters is 3. The highest BCUT2D eigenvalue weighted by molar-refractivity contribution is 7.80. The summed E-state index contributed by atoms with van der Waals surface area (Å²) in [6, 6.07) is 8.05. The van der Waals surface area contributed by atoms with E-state index in [2.05, 4.69) is 0 Å². The van der Waals surface area contributed by atoms with E-state index >= 15 is 0 Å². The molecular weight excluding hydrogens is 440 g/mol. The molecule has 10 nitrogen and oxygen atoms in total. The Hall–Kier alpha value is -3.05. The Morgan fingerprint density at radius 1 is 1.03 bits per heavy atom. The lowest BCUT2D eigenvalue weighted by Crippen LogP contribution is -2.66. The van der Waals surface area contributed by atoms with Crippen molar-refractivity contribution in [3.8, 4) is 0 Å². The average Bonchev–Trinajstić information content (AvgIpc) is 2.96. The van der Waals surface area contributed by atoms with Crippen molar-refractivity contribution in [1.29, 1.82) is 0 Å². The van der Waals surface area contributed by atoms with Gasteiger partial charge in [0.1, 0.15) is 18.8 Å². The van der Waals surface area contributed by atoms with Crippen LogP contribution in [0.15, 0.2) is 30.3 Å². The first-order chi connectivity index (χ1) is 15.1. The first kappa shape index (κ1) is 23.6. The number of hydrogen-bond donors (Lipinski definition) is 0. The molecule has 2 heterocycles. The van der Waals surface area contributed by atoms with Crippen molar-refractivity contribution in [2.24, 2.45) is 0 Å². The van der Waals surface area contributed by atoms with Crippen molar-refractivity contribution in [2.75, 3.05) is 11.5 Å². The highest BCUT2D eigenvalue weighted by Crippen LogP contribution is 2.40. The molecular formula is C21H24N2O8S. The maximum Gasteiger partial charge on any atom is 0.303 e. The molecule has 0 radical (unpaired) electrons. The minimum Gasteiger partial charge on any atom is -0.462 e. The van der Waals surface area contributed by atoms with Gasteiger partial charge < -0.3 is 18.9 Å². The molecule has 5 atom stereocenters. The first-order valence-corrected chi connectivity index (χ1v) is 10.3. The zero-order valence-electron chi connectivity index (χ0n) is 18.0. The standard InChI is InChI=1S/C21H24N2O8S/c1-11(24)22-17-18(16(29-13(3)26)10-28-12(2)25)31-20(19(17)30-14(4)27)23(21(22)32)15-8-6-5-7-9-15/h5-9,16-20H,10H2,1-4H3/t16-,17+,18-,19-,20-/m1/s1. The normalized spacial score (nSPS) is 25.2. The molecule has 3 rings (SSSR count). The molecule has 2 aliphatic rings. The monoisotopic (exact) mass is 464 g/mol. The van der Waals surface area contributed by atoms with Crippen LogP contribution in [0.25, 0.3) is 0 Å². The Balaban J connectivity index is 2.08. The maximum absolute atomic E-state index is 12.7. The van der Waals surface area contributed by atoms with Gasteiger partial charge in [-0.25, -0.2) is 0 Å². The van der Waals surface area contributed by atoms with Crippen LogP contribution < -0.4 is 4.90 Å². The van der Waals surface area contributed by atoms with Gasteiger partial charge in [0.05, 0.1) is 0 Å². The summed E-state index contributed by atoms with van der Waals surface area (Å²) < 4.78 is 22.2. The molecule has 0 aromatic heterocycles. The molecule has 0 saturated carbocycles. The third kappa shape index (κ3) is 4.73. The van der Waals surface area contributed by atoms with Crippen LogP contribution in [0.2, 0.25) is 0 Å². The molecule has 0 N–H and O–H groups in total. The second kappa shape index (κ2) is 9.61. The fourth-order valence-corrected chi connectivity index (χ4v) is 4.41. The van der Waals surface area contributed by atoms with Crippen molar-refractivity contribution in [3.05, 3.63) is 30.3 Å². The molecule has 0 aliphatic carbocycles. The Bertz CT molecular complexity index is 924. The van der Waals surface area contributed by atoms with Crippen molar-refractivity contribution >= 4 is 46.8 Å². The third-order valence-electron chi connectivity index (χ3n) is 5.03. The number of amides is 1. The lowest BCUT2D eigenvalue weighted by atomic mass is 9.98. The summed E-state index contributed by atoms with van der Waals surface area (Å²) in [4.78, 5) is 50.6. The molecule has 2 fully saturated rings. The summed E-state index contributed by atoms with van der Waals surface area (Å²) in [5, 5.41) is 0.152. The van der Waals surface area contributed by atoms with Crippen molar-refractivity contribution in [1.82, 2.24) is 4.90 Å². The number of nitrogens with zero attached hydrogens (tertiary/aromatic N) is 2. The molecule has 32 heavy (non-hydrogen) atoms. The van der Waals surface area contributed by atoms with E-state index in [9.17, 15) is 19.2 Å². The first-order valence-electron chi connectivity index (χ1n) is 9.93. The quantitative estimate of drug-likeness (QED) is 0.345. The number of anilines is 1. The largest absolute Gasteiger partial charge is 0.462 e. The molecule has 0 spiro atoms. The summed E-state index contributed by atoms with van der Waals surface area (Å²) in [6.45, 7) is 4.68. The lowest BCUT2D eigenvalue weighted by molar-refractivity contribution is -0.167. The minimum atomic E-state index is -1.06. The van der Waals surface area contributed by atoms with Crippen LogP contribution in [0.4, 0.5) is 5.69 Å². The number of para-hydroxylation sites is 1. The van der Waals surface area contributed by atoms with Crippen molar-refractivity contribution in [2.45, 2.75) is 58.3 Å². The van der Waals surface area contributed by atoms with Crippen molar-refractivity contribution < 1.29 is 38.1 Å². The number of ether oxygens (including phenoxy) is 4. The molecule has 2 saturated heterocycles. The molecule has 2 aliphatic heterocycles. The van der Waals surface area contributed by atoms with Gasteiger partial charge >= 0.3 is 17.9 Å². The predicted molar refractivity (Wildman–Crippen MR) is 114 cm³/mol. The molecule has 1 aromatic carbocycles. The van der Waals surface area contributed by atoms with Crippen LogP contribution >= 0.6 is 12.2 Å². The molecule has 2 bridgehead atoms. The zero-order valence-corrected chi connectivity index (χ0v) is 18.9. The number of fused-ring (bicyclic) bond motifs is 2. The Kier molecular flexibility index (Phi) is 7.09. The van der Waals surface area contributed by atoms with E-state index in [4.69, 9.17) is 31.2 Å². The molecule has 1 aromatic rings. The number of thiocarbonyl (C=S) groups is 1. The Morgan fingerprint density at radius 2 is 1.69 bits per heavy atom. The van der Waals surface area contributed by atoms with Gasteiger partial charge in [-0.2, -0.15) is 0 Å². The Labute approximate surface area is 190 Å². The third-order valence-corrected chi connectivity index (χ3v) is 5.42. The van der Waals surface area contributed by atoms with Gasteiger partial charge in [0, 0.05) is 33.4 Å². The van der Waals surface area contributed by atoms with E-state index in [1.54, 1.807) is 29.2 Å². The highest BCUT2D eigenvalue weighted by Gasteiger charge is 2.61. The summed E-state index contributed by atoms with van der Waals surface area (Å²) in [6.07, 6.45) is -3.88. The fourth-order valence-electron chi connectivity index (χ4n) is 3.95. The van der Waals surface area contributed by atoms with Gasteiger partial charge in [-0.3, -0.25) is 29.0 Å². The van der Waals surface area contributed by atoms with Gasteiger partial charge in [-0.1, -0.05) is 18.2 Å².